The third-order valence-corrected chi connectivity index (χ3v) is 6.71. The lowest BCUT2D eigenvalue weighted by atomic mass is 9.69. The molecule has 1 nitrogen and oxygen atoms in total. The van der Waals surface area contributed by atoms with Gasteiger partial charge in [0.25, 0.3) is 0 Å². The van der Waals surface area contributed by atoms with Gasteiger partial charge in [-0.3, -0.25) is 0 Å². The minimum Gasteiger partial charge on any atom is -0.330 e. The average Bonchev–Trinajstić information content (AvgIpc) is 2.80. The largest absolute Gasteiger partial charge is 0.330 e. The normalized spacial score (nSPS) is 29.4. The topological polar surface area (TPSA) is 26.0 Å². The standard InChI is InChI=1S/C15H25NS2/c1-15(2,3)12-7-6-11(10-16)13(9-12)18-14-5-4-8-17-14/h4-5,8,11-13H,6-7,9-10,16H2,1-3H3. The van der Waals surface area contributed by atoms with E-state index in [4.69, 9.17) is 5.73 Å². The number of hydrogen-bond acceptors (Lipinski definition) is 3. The van der Waals surface area contributed by atoms with E-state index in [-0.39, 0.29) is 0 Å². The first-order chi connectivity index (χ1) is 8.50. The summed E-state index contributed by atoms with van der Waals surface area (Å²) >= 11 is 3.92. The van der Waals surface area contributed by atoms with Crippen molar-refractivity contribution >= 4 is 23.1 Å². The molecule has 0 amide bonds. The van der Waals surface area contributed by atoms with Crippen molar-refractivity contribution in [3.8, 4) is 0 Å². The maximum absolute atomic E-state index is 5.97. The molecule has 2 rings (SSSR count). The smallest absolute Gasteiger partial charge is 0.0601 e. The highest BCUT2D eigenvalue weighted by Crippen LogP contribution is 2.46. The van der Waals surface area contributed by atoms with Crippen LogP contribution in [-0.2, 0) is 0 Å². The number of rotatable bonds is 3. The fraction of sp³-hybridized carbons (Fsp3) is 0.733. The van der Waals surface area contributed by atoms with E-state index in [9.17, 15) is 0 Å². The van der Waals surface area contributed by atoms with Gasteiger partial charge in [-0.1, -0.05) is 26.8 Å². The lowest BCUT2D eigenvalue weighted by Gasteiger charge is -2.41. The molecule has 102 valence electrons. The van der Waals surface area contributed by atoms with Crippen LogP contribution in [0.5, 0.6) is 0 Å². The van der Waals surface area contributed by atoms with Gasteiger partial charge in [0.05, 0.1) is 4.21 Å². The van der Waals surface area contributed by atoms with Gasteiger partial charge in [-0.2, -0.15) is 0 Å². The summed E-state index contributed by atoms with van der Waals surface area (Å²) in [4.78, 5) is 0. The van der Waals surface area contributed by atoms with E-state index in [1.807, 2.05) is 11.3 Å². The van der Waals surface area contributed by atoms with Crippen molar-refractivity contribution in [2.75, 3.05) is 6.54 Å². The van der Waals surface area contributed by atoms with Crippen LogP contribution in [0.2, 0.25) is 0 Å². The number of thiophene rings is 1. The minimum absolute atomic E-state index is 0.438. The van der Waals surface area contributed by atoms with Gasteiger partial charge >= 0.3 is 0 Å². The fourth-order valence-electron chi connectivity index (χ4n) is 2.87. The Labute approximate surface area is 120 Å². The molecule has 0 aliphatic heterocycles. The molecule has 3 unspecified atom stereocenters. The van der Waals surface area contributed by atoms with Gasteiger partial charge in [0.15, 0.2) is 0 Å². The molecule has 18 heavy (non-hydrogen) atoms. The van der Waals surface area contributed by atoms with Crippen LogP contribution in [0.1, 0.15) is 40.0 Å². The molecular formula is C15H25NS2. The molecular weight excluding hydrogens is 258 g/mol. The second-order valence-electron chi connectivity index (χ2n) is 6.46. The van der Waals surface area contributed by atoms with Crippen LogP contribution in [-0.4, -0.2) is 11.8 Å². The van der Waals surface area contributed by atoms with E-state index in [0.29, 0.717) is 16.6 Å². The summed E-state index contributed by atoms with van der Waals surface area (Å²) in [7, 11) is 0. The molecule has 0 aromatic carbocycles. The van der Waals surface area contributed by atoms with Gasteiger partial charge in [0, 0.05) is 5.25 Å². The van der Waals surface area contributed by atoms with Crippen LogP contribution in [0, 0.1) is 17.3 Å². The molecule has 2 N–H and O–H groups in total. The average molecular weight is 284 g/mol. The van der Waals surface area contributed by atoms with Gasteiger partial charge in [0.2, 0.25) is 0 Å². The predicted molar refractivity (Wildman–Crippen MR) is 83.3 cm³/mol. The van der Waals surface area contributed by atoms with Gasteiger partial charge in [-0.05, 0) is 54.5 Å². The highest BCUT2D eigenvalue weighted by atomic mass is 32.2. The third-order valence-electron chi connectivity index (χ3n) is 4.22. The summed E-state index contributed by atoms with van der Waals surface area (Å²) < 4.78 is 1.45. The van der Waals surface area contributed by atoms with Crippen molar-refractivity contribution in [1.82, 2.24) is 0 Å². The molecule has 1 aliphatic carbocycles. The van der Waals surface area contributed by atoms with Gasteiger partial charge < -0.3 is 5.73 Å². The van der Waals surface area contributed by atoms with Crippen LogP contribution in [0.15, 0.2) is 21.7 Å². The molecule has 1 fully saturated rings. The van der Waals surface area contributed by atoms with Crippen LogP contribution in [0.4, 0.5) is 0 Å². The molecule has 0 saturated heterocycles. The van der Waals surface area contributed by atoms with Crippen LogP contribution < -0.4 is 5.73 Å². The van der Waals surface area contributed by atoms with Crippen molar-refractivity contribution in [3.63, 3.8) is 0 Å². The lowest BCUT2D eigenvalue weighted by Crippen LogP contribution is -2.36. The monoisotopic (exact) mass is 283 g/mol. The third kappa shape index (κ3) is 3.52. The molecule has 1 aromatic rings. The highest BCUT2D eigenvalue weighted by molar-refractivity contribution is 8.01. The van der Waals surface area contributed by atoms with Crippen molar-refractivity contribution < 1.29 is 0 Å². The maximum Gasteiger partial charge on any atom is 0.0601 e. The molecule has 1 heterocycles. The fourth-order valence-corrected chi connectivity index (χ4v) is 5.30. The number of hydrogen-bond donors (Lipinski definition) is 1. The van der Waals surface area contributed by atoms with Gasteiger partial charge in [-0.25, -0.2) is 0 Å². The number of nitrogens with two attached hydrogens (primary N) is 1. The zero-order chi connectivity index (χ0) is 13.2. The Morgan fingerprint density at radius 3 is 2.72 bits per heavy atom. The molecule has 0 radical (unpaired) electrons. The van der Waals surface area contributed by atoms with Crippen LogP contribution in [0.3, 0.4) is 0 Å². The Morgan fingerprint density at radius 1 is 1.39 bits per heavy atom. The second-order valence-corrected chi connectivity index (χ2v) is 8.95. The van der Waals surface area contributed by atoms with Crippen molar-refractivity contribution in [3.05, 3.63) is 17.5 Å². The van der Waals surface area contributed by atoms with Crippen molar-refractivity contribution in [2.45, 2.75) is 49.5 Å². The summed E-state index contributed by atoms with van der Waals surface area (Å²) in [5.74, 6) is 1.55. The lowest BCUT2D eigenvalue weighted by molar-refractivity contribution is 0.157. The molecule has 1 aliphatic rings. The zero-order valence-electron chi connectivity index (χ0n) is 11.7. The van der Waals surface area contributed by atoms with E-state index < -0.39 is 0 Å². The first-order valence-electron chi connectivity index (χ1n) is 6.91. The Morgan fingerprint density at radius 2 is 2.17 bits per heavy atom. The molecule has 3 heteroatoms. The van der Waals surface area contributed by atoms with Crippen LogP contribution in [0.25, 0.3) is 0 Å². The zero-order valence-corrected chi connectivity index (χ0v) is 13.3. The molecule has 0 spiro atoms. The van der Waals surface area contributed by atoms with Gasteiger partial charge in [-0.15, -0.1) is 23.1 Å². The summed E-state index contributed by atoms with van der Waals surface area (Å²) in [6, 6.07) is 4.39. The van der Waals surface area contributed by atoms with Crippen LogP contribution >= 0.6 is 23.1 Å². The Hall–Kier alpha value is 0.01000. The van der Waals surface area contributed by atoms with E-state index in [2.05, 4.69) is 50.0 Å². The van der Waals surface area contributed by atoms with Crippen molar-refractivity contribution in [1.29, 1.82) is 0 Å². The summed E-state index contributed by atoms with van der Waals surface area (Å²) in [6.07, 6.45) is 3.99. The summed E-state index contributed by atoms with van der Waals surface area (Å²) in [5.41, 5.74) is 6.41. The predicted octanol–water partition coefficient (Wildman–Crippen LogP) is 4.63. The van der Waals surface area contributed by atoms with E-state index in [0.717, 1.165) is 12.5 Å². The number of thioether (sulfide) groups is 1. The Kier molecular flexibility index (Phi) is 4.79. The Bertz CT molecular complexity index is 353. The SMILES string of the molecule is CC(C)(C)C1CCC(CN)C(Sc2cccs2)C1. The van der Waals surface area contributed by atoms with E-state index in [1.165, 1.54) is 23.5 Å². The van der Waals surface area contributed by atoms with E-state index >= 15 is 0 Å². The first-order valence-corrected chi connectivity index (χ1v) is 8.67. The quantitative estimate of drug-likeness (QED) is 0.875. The summed E-state index contributed by atoms with van der Waals surface area (Å²) in [5, 5.41) is 2.88. The highest BCUT2D eigenvalue weighted by Gasteiger charge is 2.35. The first kappa shape index (κ1) is 14.4. The maximum atomic E-state index is 5.97. The summed E-state index contributed by atoms with van der Waals surface area (Å²) in [6.45, 7) is 7.99. The minimum atomic E-state index is 0.438. The Balaban J connectivity index is 2.04. The second kappa shape index (κ2) is 5.98. The van der Waals surface area contributed by atoms with Crippen molar-refractivity contribution in [2.24, 2.45) is 23.0 Å². The molecule has 3 atom stereocenters. The molecule has 1 saturated carbocycles. The van der Waals surface area contributed by atoms with E-state index in [1.54, 1.807) is 0 Å². The molecule has 1 aromatic heterocycles. The molecule has 0 bridgehead atoms. The van der Waals surface area contributed by atoms with Gasteiger partial charge in [0.1, 0.15) is 0 Å².